The van der Waals surface area contributed by atoms with Crippen LogP contribution in [-0.4, -0.2) is 8.97 Å². The van der Waals surface area contributed by atoms with Gasteiger partial charge >= 0.3 is 0 Å². The molecule has 0 saturated carbocycles. The Morgan fingerprint density at radius 3 is 1.81 bits per heavy atom. The van der Waals surface area contributed by atoms with Crippen molar-refractivity contribution in [3.05, 3.63) is 217 Å². The quantitative estimate of drug-likeness (QED) is 0.166. The highest BCUT2D eigenvalue weighted by atomic mass is 16.3. The standard InChI is InChI=1S/C59H34N2O2/c62-59-46-18-5-4-17-45(46)57-56(35-12-2-1-3-13-35)47(34-50-43-15-7-10-20-52(43)61(59)58(50)57)40-23-22-37-31-41(27-24-36(37)30-40)60-51-19-9-6-14-42(51)48-32-38(25-28-53(48)60)39-26-29-55-49(33-39)44-16-8-11-21-54(44)63-55/h1-34H. The summed E-state index contributed by atoms with van der Waals surface area (Å²) < 4.78 is 10.5. The molecule has 0 radical (unpaired) electrons. The maximum Gasteiger partial charge on any atom is 0.263 e. The number of hydrogen-bond donors (Lipinski definition) is 0. The third-order valence-electron chi connectivity index (χ3n) is 13.4. The number of para-hydroxylation sites is 3. The molecule has 0 aliphatic rings. The molecule has 4 heterocycles. The molecule has 4 heteroatoms. The summed E-state index contributed by atoms with van der Waals surface area (Å²) in [6.45, 7) is 0. The smallest absolute Gasteiger partial charge is 0.263 e. The van der Waals surface area contributed by atoms with Gasteiger partial charge in [-0.1, -0.05) is 133 Å². The second-order valence-electron chi connectivity index (χ2n) is 16.8. The van der Waals surface area contributed by atoms with E-state index in [1.54, 1.807) is 0 Å². The Bertz CT molecular complexity index is 4280. The molecule has 0 amide bonds. The SMILES string of the molecule is O=c1c2ccccc2c2c(-c3ccccc3)c(-c3ccc4cc(-n5c6ccccc6c6cc(-c7ccc8oc9ccccc9c8c7)ccc65)ccc4c3)cc3c4ccccc4n1c32. The van der Waals surface area contributed by atoms with Gasteiger partial charge in [-0.3, -0.25) is 9.20 Å². The van der Waals surface area contributed by atoms with Crippen LogP contribution < -0.4 is 5.56 Å². The molecule has 0 N–H and O–H groups in total. The van der Waals surface area contributed by atoms with Gasteiger partial charge in [-0.15, -0.1) is 0 Å². The van der Waals surface area contributed by atoms with E-state index in [9.17, 15) is 4.79 Å². The average molecular weight is 803 g/mol. The summed E-state index contributed by atoms with van der Waals surface area (Å²) in [6.07, 6.45) is 0. The van der Waals surface area contributed by atoms with Crippen molar-refractivity contribution in [2.75, 3.05) is 0 Å². The van der Waals surface area contributed by atoms with E-state index in [2.05, 4.69) is 174 Å². The van der Waals surface area contributed by atoms with Gasteiger partial charge in [-0.25, -0.2) is 0 Å². The van der Waals surface area contributed by atoms with Gasteiger partial charge in [0, 0.05) is 48.8 Å². The molecular formula is C59H34N2O2. The highest BCUT2D eigenvalue weighted by molar-refractivity contribution is 6.27. The molecule has 0 aliphatic heterocycles. The summed E-state index contributed by atoms with van der Waals surface area (Å²) in [5.41, 5.74) is 14.0. The Morgan fingerprint density at radius 1 is 0.365 bits per heavy atom. The molecule has 0 aliphatic carbocycles. The van der Waals surface area contributed by atoms with Crippen LogP contribution in [0.2, 0.25) is 0 Å². The van der Waals surface area contributed by atoms with Crippen LogP contribution in [0.3, 0.4) is 0 Å². The van der Waals surface area contributed by atoms with E-state index in [0.29, 0.717) is 0 Å². The molecule has 14 aromatic rings. The molecule has 0 spiro atoms. The van der Waals surface area contributed by atoms with Crippen molar-refractivity contribution in [1.29, 1.82) is 0 Å². The van der Waals surface area contributed by atoms with Crippen LogP contribution in [0.15, 0.2) is 215 Å². The van der Waals surface area contributed by atoms with E-state index in [1.807, 2.05) is 40.8 Å². The number of aromatic nitrogens is 2. The number of nitrogens with zero attached hydrogens (tertiary/aromatic N) is 2. The molecule has 4 aromatic heterocycles. The van der Waals surface area contributed by atoms with Crippen molar-refractivity contribution in [2.24, 2.45) is 0 Å². The van der Waals surface area contributed by atoms with Gasteiger partial charge in [0.25, 0.3) is 5.56 Å². The van der Waals surface area contributed by atoms with Crippen molar-refractivity contribution >= 4 is 92.5 Å². The Hall–Kier alpha value is -8.47. The molecule has 0 bridgehead atoms. The van der Waals surface area contributed by atoms with Crippen LogP contribution in [0.4, 0.5) is 0 Å². The monoisotopic (exact) mass is 802 g/mol. The summed E-state index contributed by atoms with van der Waals surface area (Å²) >= 11 is 0. The lowest BCUT2D eigenvalue weighted by atomic mass is 9.87. The number of furan rings is 1. The minimum Gasteiger partial charge on any atom is -0.456 e. The van der Waals surface area contributed by atoms with Crippen LogP contribution in [0.5, 0.6) is 0 Å². The number of rotatable bonds is 4. The molecule has 14 rings (SSSR count). The maximum atomic E-state index is 14.3. The maximum absolute atomic E-state index is 14.3. The molecule has 63 heavy (non-hydrogen) atoms. The van der Waals surface area contributed by atoms with Crippen LogP contribution in [0, 0.1) is 0 Å². The first-order valence-corrected chi connectivity index (χ1v) is 21.5. The minimum atomic E-state index is 0.0161. The van der Waals surface area contributed by atoms with Crippen LogP contribution >= 0.6 is 0 Å². The predicted octanol–water partition coefficient (Wildman–Crippen LogP) is 15.3. The summed E-state index contributed by atoms with van der Waals surface area (Å²) in [7, 11) is 0. The third kappa shape index (κ3) is 4.83. The zero-order chi connectivity index (χ0) is 41.3. The molecule has 0 atom stereocenters. The van der Waals surface area contributed by atoms with Crippen molar-refractivity contribution < 1.29 is 4.42 Å². The van der Waals surface area contributed by atoms with Crippen LogP contribution in [0.25, 0.3) is 132 Å². The van der Waals surface area contributed by atoms with Gasteiger partial charge in [0.15, 0.2) is 0 Å². The van der Waals surface area contributed by atoms with Gasteiger partial charge in [-0.05, 0) is 122 Å². The summed E-state index contributed by atoms with van der Waals surface area (Å²) in [4.78, 5) is 14.3. The lowest BCUT2D eigenvalue weighted by Crippen LogP contribution is -2.13. The van der Waals surface area contributed by atoms with Crippen molar-refractivity contribution in [1.82, 2.24) is 8.97 Å². The largest absolute Gasteiger partial charge is 0.456 e. The fourth-order valence-electron chi connectivity index (χ4n) is 10.6. The van der Waals surface area contributed by atoms with Gasteiger partial charge in [0.2, 0.25) is 0 Å². The van der Waals surface area contributed by atoms with E-state index in [1.165, 1.54) is 27.4 Å². The van der Waals surface area contributed by atoms with E-state index in [-0.39, 0.29) is 5.56 Å². The zero-order valence-corrected chi connectivity index (χ0v) is 33.8. The highest BCUT2D eigenvalue weighted by Gasteiger charge is 2.24. The van der Waals surface area contributed by atoms with Crippen LogP contribution in [0.1, 0.15) is 0 Å². The minimum absolute atomic E-state index is 0.0161. The van der Waals surface area contributed by atoms with Gasteiger partial charge in [0.1, 0.15) is 11.2 Å². The van der Waals surface area contributed by atoms with E-state index in [0.717, 1.165) is 104 Å². The Labute approximate surface area is 360 Å². The number of fused-ring (bicyclic) bond motifs is 12. The van der Waals surface area contributed by atoms with Crippen molar-refractivity contribution in [3.8, 4) is 39.1 Å². The fourth-order valence-corrected chi connectivity index (χ4v) is 10.6. The number of hydrogen-bond acceptors (Lipinski definition) is 2. The lowest BCUT2D eigenvalue weighted by Gasteiger charge is -2.18. The molecule has 10 aromatic carbocycles. The average Bonchev–Trinajstić information content (AvgIpc) is 4.00. The van der Waals surface area contributed by atoms with Gasteiger partial charge in [0.05, 0.1) is 22.1 Å². The van der Waals surface area contributed by atoms with E-state index < -0.39 is 0 Å². The van der Waals surface area contributed by atoms with Crippen LogP contribution in [-0.2, 0) is 0 Å². The van der Waals surface area contributed by atoms with Crippen molar-refractivity contribution in [3.63, 3.8) is 0 Å². The molecule has 4 nitrogen and oxygen atoms in total. The molecular weight excluding hydrogens is 769 g/mol. The van der Waals surface area contributed by atoms with Gasteiger partial charge in [-0.2, -0.15) is 0 Å². The second-order valence-corrected chi connectivity index (χ2v) is 16.8. The first-order valence-electron chi connectivity index (χ1n) is 21.5. The van der Waals surface area contributed by atoms with E-state index >= 15 is 0 Å². The highest BCUT2D eigenvalue weighted by Crippen LogP contribution is 2.46. The Balaban J connectivity index is 0.951. The fraction of sp³-hybridized carbons (Fsp3) is 0. The topological polar surface area (TPSA) is 39.5 Å². The summed E-state index contributed by atoms with van der Waals surface area (Å²) in [5, 5.41) is 12.0. The Kier molecular flexibility index (Phi) is 6.95. The molecule has 0 fully saturated rings. The molecule has 0 unspecified atom stereocenters. The van der Waals surface area contributed by atoms with E-state index in [4.69, 9.17) is 4.42 Å². The van der Waals surface area contributed by atoms with Crippen molar-refractivity contribution in [2.45, 2.75) is 0 Å². The molecule has 292 valence electrons. The second kappa shape index (κ2) is 12.8. The lowest BCUT2D eigenvalue weighted by molar-refractivity contribution is 0.669. The first kappa shape index (κ1) is 34.3. The number of pyridine rings is 1. The summed E-state index contributed by atoms with van der Waals surface area (Å²) in [5.74, 6) is 0. The number of benzene rings is 10. The third-order valence-corrected chi connectivity index (χ3v) is 13.4. The van der Waals surface area contributed by atoms with Gasteiger partial charge < -0.3 is 8.98 Å². The summed E-state index contributed by atoms with van der Waals surface area (Å²) in [6, 6.07) is 73.4. The normalized spacial score (nSPS) is 12.2. The first-order chi connectivity index (χ1) is 31.2. The molecule has 0 saturated heterocycles. The Morgan fingerprint density at radius 2 is 0.968 bits per heavy atom. The predicted molar refractivity (Wildman–Crippen MR) is 263 cm³/mol. The zero-order valence-electron chi connectivity index (χ0n) is 33.8.